The largest absolute Gasteiger partial charge is 0.493 e. The number of likely N-dealkylation sites (tertiary alicyclic amines) is 1. The summed E-state index contributed by atoms with van der Waals surface area (Å²) in [5.41, 5.74) is 3.38. The highest BCUT2D eigenvalue weighted by molar-refractivity contribution is 5.89. The summed E-state index contributed by atoms with van der Waals surface area (Å²) < 4.78 is 11.0. The quantitative estimate of drug-likeness (QED) is 0.752. The maximum atomic E-state index is 12.6. The van der Waals surface area contributed by atoms with Gasteiger partial charge in [-0.2, -0.15) is 0 Å². The van der Waals surface area contributed by atoms with E-state index in [0.29, 0.717) is 6.04 Å². The first-order chi connectivity index (χ1) is 14.9. The number of nitrogens with one attached hydrogen (secondary N) is 2. The Labute approximate surface area is 184 Å². The van der Waals surface area contributed by atoms with Crippen LogP contribution in [0, 0.1) is 6.92 Å². The molecule has 0 radical (unpaired) electrons. The summed E-state index contributed by atoms with van der Waals surface area (Å²) in [7, 11) is 5.55. The number of fused-ring (bicyclic) bond motifs is 1. The second kappa shape index (κ2) is 8.79. The van der Waals surface area contributed by atoms with Gasteiger partial charge in [0.1, 0.15) is 0 Å². The van der Waals surface area contributed by atoms with Crippen molar-refractivity contribution in [1.29, 1.82) is 0 Å². The lowest BCUT2D eigenvalue weighted by Gasteiger charge is -2.45. The van der Waals surface area contributed by atoms with Gasteiger partial charge in [0.15, 0.2) is 11.5 Å². The Hall–Kier alpha value is -2.73. The number of carbonyl (C=O) groups is 1. The van der Waals surface area contributed by atoms with Gasteiger partial charge in [0.05, 0.1) is 14.2 Å². The summed E-state index contributed by atoms with van der Waals surface area (Å²) >= 11 is 0. The van der Waals surface area contributed by atoms with Crippen LogP contribution in [0.5, 0.6) is 11.5 Å². The topological polar surface area (TPSA) is 62.8 Å². The number of rotatable bonds is 5. The Morgan fingerprint density at radius 2 is 1.81 bits per heavy atom. The third-order valence-corrected chi connectivity index (χ3v) is 7.13. The van der Waals surface area contributed by atoms with Crippen molar-refractivity contribution in [3.63, 3.8) is 0 Å². The number of anilines is 1. The van der Waals surface area contributed by atoms with Crippen molar-refractivity contribution in [2.75, 3.05) is 33.1 Å². The Morgan fingerprint density at radius 3 is 2.52 bits per heavy atom. The number of aryl methyl sites for hydroxylation is 1. The first kappa shape index (κ1) is 21.5. The molecule has 4 rings (SSSR count). The van der Waals surface area contributed by atoms with E-state index in [4.69, 9.17) is 9.47 Å². The third-order valence-electron chi connectivity index (χ3n) is 7.13. The average Bonchev–Trinajstić information content (AvgIpc) is 3.12. The van der Waals surface area contributed by atoms with Crippen molar-refractivity contribution < 1.29 is 14.3 Å². The van der Waals surface area contributed by atoms with Crippen LogP contribution < -0.4 is 20.1 Å². The Balaban J connectivity index is 1.47. The second-order valence-corrected chi connectivity index (χ2v) is 8.91. The highest BCUT2D eigenvalue weighted by Gasteiger charge is 2.50. The van der Waals surface area contributed by atoms with E-state index in [1.807, 2.05) is 37.3 Å². The van der Waals surface area contributed by atoms with Crippen molar-refractivity contribution in [3.05, 3.63) is 53.6 Å². The molecule has 0 unspecified atom stereocenters. The Morgan fingerprint density at radius 1 is 1.06 bits per heavy atom. The van der Waals surface area contributed by atoms with Gasteiger partial charge in [-0.15, -0.1) is 0 Å². The maximum Gasteiger partial charge on any atom is 0.319 e. The van der Waals surface area contributed by atoms with Crippen LogP contribution in [-0.4, -0.2) is 50.8 Å². The molecule has 1 saturated carbocycles. The van der Waals surface area contributed by atoms with E-state index < -0.39 is 0 Å². The average molecular weight is 424 g/mol. The minimum absolute atomic E-state index is 0.0832. The van der Waals surface area contributed by atoms with Crippen molar-refractivity contribution >= 4 is 11.7 Å². The van der Waals surface area contributed by atoms with Crippen LogP contribution in [0.3, 0.4) is 0 Å². The molecular weight excluding hydrogens is 390 g/mol. The number of hydrogen-bond acceptors (Lipinski definition) is 4. The maximum absolute atomic E-state index is 12.6. The van der Waals surface area contributed by atoms with Gasteiger partial charge < -0.3 is 25.0 Å². The number of methoxy groups -OCH3 is 2. The van der Waals surface area contributed by atoms with Crippen LogP contribution in [0.4, 0.5) is 10.5 Å². The summed E-state index contributed by atoms with van der Waals surface area (Å²) in [6.45, 7) is 3.09. The zero-order valence-corrected chi connectivity index (χ0v) is 18.9. The van der Waals surface area contributed by atoms with E-state index in [0.717, 1.165) is 49.4 Å². The summed E-state index contributed by atoms with van der Waals surface area (Å²) in [5.74, 6) is 1.54. The first-order valence-corrected chi connectivity index (χ1v) is 11.0. The molecule has 0 spiro atoms. The van der Waals surface area contributed by atoms with Gasteiger partial charge in [0.25, 0.3) is 0 Å². The number of carbonyl (C=O) groups excluding carboxylic acids is 1. The monoisotopic (exact) mass is 423 g/mol. The molecule has 0 bridgehead atoms. The highest BCUT2D eigenvalue weighted by Crippen LogP contribution is 2.49. The van der Waals surface area contributed by atoms with E-state index in [1.165, 1.54) is 11.1 Å². The molecule has 2 amide bonds. The molecule has 2 aromatic rings. The zero-order valence-electron chi connectivity index (χ0n) is 18.9. The molecule has 1 aliphatic heterocycles. The molecule has 31 heavy (non-hydrogen) atoms. The summed E-state index contributed by atoms with van der Waals surface area (Å²) in [6, 6.07) is 14.6. The molecule has 2 aliphatic rings. The number of hydrogen-bond donors (Lipinski definition) is 2. The molecule has 166 valence electrons. The van der Waals surface area contributed by atoms with Crippen molar-refractivity contribution in [3.8, 4) is 11.5 Å². The number of nitrogens with zero attached hydrogens (tertiary/aromatic N) is 1. The standard InChI is InChI=1S/C25H33N3O3/c1-17-5-8-19(9-6-17)26-24(29)27-20-11-12-25(13-14-28(2)23(25)16-20)18-7-10-21(30-3)22(15-18)31-4/h5-10,15,20,23H,11-14,16H2,1-4H3,(H2,26,27,29)/t20-,23+,25+/m1/s1. The van der Waals surface area contributed by atoms with Gasteiger partial charge in [0.2, 0.25) is 0 Å². The number of ether oxygens (including phenoxy) is 2. The third kappa shape index (κ3) is 4.22. The molecule has 1 heterocycles. The minimum Gasteiger partial charge on any atom is -0.493 e. The van der Waals surface area contributed by atoms with Crippen LogP contribution in [0.1, 0.15) is 36.8 Å². The van der Waals surface area contributed by atoms with E-state index in [9.17, 15) is 4.79 Å². The van der Waals surface area contributed by atoms with E-state index in [-0.39, 0.29) is 17.5 Å². The first-order valence-electron chi connectivity index (χ1n) is 11.0. The Kier molecular flexibility index (Phi) is 6.10. The van der Waals surface area contributed by atoms with Gasteiger partial charge in [-0.05, 0) is 76.0 Å². The van der Waals surface area contributed by atoms with E-state index >= 15 is 0 Å². The summed E-state index contributed by atoms with van der Waals surface area (Å²) in [5, 5.41) is 6.17. The van der Waals surface area contributed by atoms with Crippen molar-refractivity contribution in [2.24, 2.45) is 0 Å². The van der Waals surface area contributed by atoms with Crippen LogP contribution in [-0.2, 0) is 5.41 Å². The zero-order chi connectivity index (χ0) is 22.0. The lowest BCUT2D eigenvalue weighted by molar-refractivity contribution is 0.156. The minimum atomic E-state index is -0.131. The fourth-order valence-corrected chi connectivity index (χ4v) is 5.38. The number of likely N-dealkylation sites (N-methyl/N-ethyl adjacent to an activating group) is 1. The predicted molar refractivity (Wildman–Crippen MR) is 123 cm³/mol. The molecule has 6 nitrogen and oxygen atoms in total. The fraction of sp³-hybridized carbons (Fsp3) is 0.480. The fourth-order valence-electron chi connectivity index (χ4n) is 5.38. The molecule has 0 aromatic heterocycles. The molecule has 2 N–H and O–H groups in total. The molecule has 3 atom stereocenters. The van der Waals surface area contributed by atoms with Crippen molar-refractivity contribution in [2.45, 2.75) is 50.1 Å². The van der Waals surface area contributed by atoms with Gasteiger partial charge in [-0.25, -0.2) is 4.79 Å². The highest BCUT2D eigenvalue weighted by atomic mass is 16.5. The molecule has 2 aromatic carbocycles. The van der Waals surface area contributed by atoms with E-state index in [2.05, 4.69) is 34.7 Å². The number of amides is 2. The summed E-state index contributed by atoms with van der Waals surface area (Å²) in [6.07, 6.45) is 4.05. The Bertz CT molecular complexity index is 930. The molecule has 2 fully saturated rings. The van der Waals surface area contributed by atoms with Gasteiger partial charge in [-0.1, -0.05) is 23.8 Å². The van der Waals surface area contributed by atoms with Crippen LogP contribution in [0.25, 0.3) is 0 Å². The normalized spacial score (nSPS) is 25.5. The summed E-state index contributed by atoms with van der Waals surface area (Å²) in [4.78, 5) is 15.0. The van der Waals surface area contributed by atoms with Crippen molar-refractivity contribution in [1.82, 2.24) is 10.2 Å². The molecule has 1 aliphatic carbocycles. The van der Waals surface area contributed by atoms with Gasteiger partial charge >= 0.3 is 6.03 Å². The lowest BCUT2D eigenvalue weighted by atomic mass is 9.65. The van der Waals surface area contributed by atoms with Gasteiger partial charge in [-0.3, -0.25) is 0 Å². The SMILES string of the molecule is COc1ccc([C@@]23CC[C@@H](NC(=O)Nc4ccc(C)cc4)C[C@@H]2N(C)CC3)cc1OC. The van der Waals surface area contributed by atoms with Gasteiger partial charge in [0, 0.05) is 23.2 Å². The lowest BCUT2D eigenvalue weighted by Crippen LogP contribution is -2.52. The van der Waals surface area contributed by atoms with Crippen LogP contribution in [0.2, 0.25) is 0 Å². The van der Waals surface area contributed by atoms with Crippen LogP contribution >= 0.6 is 0 Å². The van der Waals surface area contributed by atoms with E-state index in [1.54, 1.807) is 14.2 Å². The smallest absolute Gasteiger partial charge is 0.319 e. The predicted octanol–water partition coefficient (Wildman–Crippen LogP) is 4.33. The number of urea groups is 1. The number of benzene rings is 2. The molecular formula is C25H33N3O3. The molecule has 1 saturated heterocycles. The van der Waals surface area contributed by atoms with Crippen LogP contribution in [0.15, 0.2) is 42.5 Å². The second-order valence-electron chi connectivity index (χ2n) is 8.91. The molecule has 6 heteroatoms.